The number of ether oxygens (including phenoxy) is 1. The van der Waals surface area contributed by atoms with Gasteiger partial charge in [-0.05, 0) is 55.8 Å². The van der Waals surface area contributed by atoms with Gasteiger partial charge in [-0.15, -0.1) is 0 Å². The lowest BCUT2D eigenvalue weighted by Crippen LogP contribution is -2.54. The topological polar surface area (TPSA) is 70.2 Å². The molecule has 0 saturated carbocycles. The number of piperazine rings is 1. The van der Waals surface area contributed by atoms with Gasteiger partial charge in [-0.25, -0.2) is 0 Å². The number of amides is 3. The van der Waals surface area contributed by atoms with E-state index >= 15 is 0 Å². The minimum Gasteiger partial charge on any atom is -0.457 e. The zero-order valence-electron chi connectivity index (χ0n) is 21.8. The summed E-state index contributed by atoms with van der Waals surface area (Å²) in [5.41, 5.74) is 3.51. The van der Waals surface area contributed by atoms with Gasteiger partial charge in [0.25, 0.3) is 5.91 Å². The first-order chi connectivity index (χ1) is 18.5. The quantitative estimate of drug-likeness (QED) is 0.318. The summed E-state index contributed by atoms with van der Waals surface area (Å²) in [5, 5.41) is 0.833. The maximum atomic E-state index is 12.9. The molecule has 4 rings (SSSR count). The standard InChI is InChI=1S/C29H28BrCl2N3O4/c1-18-12-19(2)14-21(13-18)27(36)34-8-10-35(11-9-34)29(38)28(37)33(3)17-20-4-5-22(15-24(20)30)39-23-6-7-25(31)26(32)16-23/h4-7,12-16H,8-11,17H2,1-3H3. The van der Waals surface area contributed by atoms with Crippen molar-refractivity contribution in [2.75, 3.05) is 33.2 Å². The molecule has 0 bridgehead atoms. The molecule has 3 aromatic carbocycles. The monoisotopic (exact) mass is 631 g/mol. The number of likely N-dealkylation sites (N-methyl/N-ethyl adjacent to an activating group) is 1. The molecule has 3 amide bonds. The zero-order chi connectivity index (χ0) is 28.3. The SMILES string of the molecule is Cc1cc(C)cc(C(=O)N2CCN(C(=O)C(=O)N(C)Cc3ccc(Oc4ccc(Cl)c(Cl)c4)cc3Br)CC2)c1. The molecule has 0 aliphatic carbocycles. The Hall–Kier alpha value is -3.07. The predicted molar refractivity (Wildman–Crippen MR) is 156 cm³/mol. The van der Waals surface area contributed by atoms with Crippen LogP contribution in [0.5, 0.6) is 11.5 Å². The average molecular weight is 633 g/mol. The van der Waals surface area contributed by atoms with E-state index in [1.165, 1.54) is 9.80 Å². The van der Waals surface area contributed by atoms with Crippen LogP contribution in [0.2, 0.25) is 10.0 Å². The Labute approximate surface area is 246 Å². The number of halogens is 3. The summed E-state index contributed by atoms with van der Waals surface area (Å²) in [7, 11) is 1.59. The minimum absolute atomic E-state index is 0.0613. The van der Waals surface area contributed by atoms with Crippen molar-refractivity contribution in [3.8, 4) is 11.5 Å². The van der Waals surface area contributed by atoms with Crippen molar-refractivity contribution in [2.24, 2.45) is 0 Å². The molecule has 1 aliphatic heterocycles. The zero-order valence-corrected chi connectivity index (χ0v) is 24.9. The van der Waals surface area contributed by atoms with Crippen LogP contribution in [0.3, 0.4) is 0 Å². The lowest BCUT2D eigenvalue weighted by Gasteiger charge is -2.35. The van der Waals surface area contributed by atoms with E-state index in [9.17, 15) is 14.4 Å². The molecule has 0 radical (unpaired) electrons. The molecule has 3 aromatic rings. The van der Waals surface area contributed by atoms with Crippen LogP contribution in [0.25, 0.3) is 0 Å². The van der Waals surface area contributed by atoms with Gasteiger partial charge in [0, 0.05) is 55.9 Å². The number of hydrogen-bond acceptors (Lipinski definition) is 4. The van der Waals surface area contributed by atoms with Gasteiger partial charge in [0.1, 0.15) is 11.5 Å². The van der Waals surface area contributed by atoms with Gasteiger partial charge in [0.05, 0.1) is 10.0 Å². The number of rotatable bonds is 5. The molecule has 7 nitrogen and oxygen atoms in total. The highest BCUT2D eigenvalue weighted by atomic mass is 79.9. The van der Waals surface area contributed by atoms with Crippen molar-refractivity contribution in [3.63, 3.8) is 0 Å². The maximum Gasteiger partial charge on any atom is 0.312 e. The Kier molecular flexibility index (Phi) is 9.20. The smallest absolute Gasteiger partial charge is 0.312 e. The molecular formula is C29H28BrCl2N3O4. The van der Waals surface area contributed by atoms with E-state index in [0.717, 1.165) is 21.2 Å². The van der Waals surface area contributed by atoms with Crippen molar-refractivity contribution in [3.05, 3.63) is 91.4 Å². The minimum atomic E-state index is -0.605. The number of carbonyl (C=O) groups excluding carboxylic acids is 3. The van der Waals surface area contributed by atoms with Crippen LogP contribution in [0, 0.1) is 13.8 Å². The Morgan fingerprint density at radius 2 is 1.44 bits per heavy atom. The van der Waals surface area contributed by atoms with Crippen LogP contribution >= 0.6 is 39.1 Å². The normalized spacial score (nSPS) is 13.3. The van der Waals surface area contributed by atoms with E-state index in [-0.39, 0.29) is 12.5 Å². The van der Waals surface area contributed by atoms with Crippen LogP contribution in [0.4, 0.5) is 0 Å². The Bertz CT molecular complexity index is 1400. The van der Waals surface area contributed by atoms with Crippen LogP contribution in [-0.2, 0) is 16.1 Å². The van der Waals surface area contributed by atoms with E-state index in [2.05, 4.69) is 15.9 Å². The van der Waals surface area contributed by atoms with Crippen molar-refractivity contribution < 1.29 is 19.1 Å². The third-order valence-electron chi connectivity index (χ3n) is 6.41. The average Bonchev–Trinajstić information content (AvgIpc) is 2.90. The van der Waals surface area contributed by atoms with Gasteiger partial charge in [-0.1, -0.05) is 62.4 Å². The van der Waals surface area contributed by atoms with Crippen molar-refractivity contribution in [1.29, 1.82) is 0 Å². The third-order valence-corrected chi connectivity index (χ3v) is 7.89. The van der Waals surface area contributed by atoms with Crippen LogP contribution in [0.1, 0.15) is 27.0 Å². The van der Waals surface area contributed by atoms with Gasteiger partial charge in [0.15, 0.2) is 0 Å². The summed E-state index contributed by atoms with van der Waals surface area (Å²) in [6.45, 7) is 5.50. The first kappa shape index (κ1) is 28.9. The number of carbonyl (C=O) groups is 3. The summed E-state index contributed by atoms with van der Waals surface area (Å²) >= 11 is 15.5. The van der Waals surface area contributed by atoms with Crippen molar-refractivity contribution in [1.82, 2.24) is 14.7 Å². The second-order valence-corrected chi connectivity index (χ2v) is 11.2. The summed E-state index contributed by atoms with van der Waals surface area (Å²) < 4.78 is 6.57. The molecule has 204 valence electrons. The predicted octanol–water partition coefficient (Wildman–Crippen LogP) is 6.11. The fraction of sp³-hybridized carbons (Fsp3) is 0.276. The molecule has 0 unspecified atom stereocenters. The largest absolute Gasteiger partial charge is 0.457 e. The highest BCUT2D eigenvalue weighted by molar-refractivity contribution is 9.10. The van der Waals surface area contributed by atoms with Crippen LogP contribution in [-0.4, -0.2) is 65.6 Å². The second kappa shape index (κ2) is 12.4. The fourth-order valence-electron chi connectivity index (χ4n) is 4.42. The molecule has 1 aliphatic rings. The highest BCUT2D eigenvalue weighted by Crippen LogP contribution is 2.31. The molecule has 1 fully saturated rings. The van der Waals surface area contributed by atoms with E-state index in [1.807, 2.05) is 38.1 Å². The van der Waals surface area contributed by atoms with Gasteiger partial charge in [-0.3, -0.25) is 14.4 Å². The Balaban J connectivity index is 1.32. The summed E-state index contributed by atoms with van der Waals surface area (Å²) in [5.74, 6) is -0.132. The van der Waals surface area contributed by atoms with Crippen LogP contribution < -0.4 is 4.74 Å². The molecule has 39 heavy (non-hydrogen) atoms. The summed E-state index contributed by atoms with van der Waals surface area (Å²) in [4.78, 5) is 43.4. The van der Waals surface area contributed by atoms with Gasteiger partial charge >= 0.3 is 11.8 Å². The molecule has 0 aromatic heterocycles. The van der Waals surface area contributed by atoms with E-state index in [0.29, 0.717) is 53.3 Å². The first-order valence-electron chi connectivity index (χ1n) is 12.3. The van der Waals surface area contributed by atoms with Gasteiger partial charge in [0.2, 0.25) is 0 Å². The molecular weight excluding hydrogens is 605 g/mol. The third kappa shape index (κ3) is 7.12. The number of benzene rings is 3. The van der Waals surface area contributed by atoms with Crippen molar-refractivity contribution in [2.45, 2.75) is 20.4 Å². The van der Waals surface area contributed by atoms with Gasteiger partial charge < -0.3 is 19.4 Å². The van der Waals surface area contributed by atoms with Gasteiger partial charge in [-0.2, -0.15) is 0 Å². The fourth-order valence-corrected chi connectivity index (χ4v) is 5.19. The highest BCUT2D eigenvalue weighted by Gasteiger charge is 2.30. The van der Waals surface area contributed by atoms with E-state index < -0.39 is 11.8 Å². The Morgan fingerprint density at radius 3 is 2.05 bits per heavy atom. The lowest BCUT2D eigenvalue weighted by molar-refractivity contribution is -0.152. The molecule has 0 N–H and O–H groups in total. The first-order valence-corrected chi connectivity index (χ1v) is 13.9. The number of aryl methyl sites for hydroxylation is 2. The maximum absolute atomic E-state index is 12.9. The van der Waals surface area contributed by atoms with Crippen LogP contribution in [0.15, 0.2) is 59.1 Å². The molecule has 0 atom stereocenters. The summed E-state index contributed by atoms with van der Waals surface area (Å²) in [6, 6.07) is 16.1. The number of hydrogen-bond donors (Lipinski definition) is 0. The molecule has 10 heteroatoms. The molecule has 1 heterocycles. The van der Waals surface area contributed by atoms with E-state index in [1.54, 1.807) is 42.3 Å². The molecule has 1 saturated heterocycles. The number of nitrogens with zero attached hydrogens (tertiary/aromatic N) is 3. The van der Waals surface area contributed by atoms with Crippen molar-refractivity contribution >= 4 is 56.9 Å². The van der Waals surface area contributed by atoms with E-state index in [4.69, 9.17) is 27.9 Å². The lowest BCUT2D eigenvalue weighted by atomic mass is 10.1. The second-order valence-electron chi connectivity index (χ2n) is 9.55. The Morgan fingerprint density at radius 1 is 0.846 bits per heavy atom. The summed E-state index contributed by atoms with van der Waals surface area (Å²) in [6.07, 6.45) is 0. The molecule has 0 spiro atoms.